The van der Waals surface area contributed by atoms with Crippen LogP contribution in [0.5, 0.6) is 0 Å². The van der Waals surface area contributed by atoms with Crippen molar-refractivity contribution >= 4 is 6.16 Å². The van der Waals surface area contributed by atoms with E-state index in [-0.39, 0.29) is 6.10 Å². The van der Waals surface area contributed by atoms with Crippen molar-refractivity contribution in [1.29, 1.82) is 0 Å². The molecule has 4 heteroatoms. The molecule has 1 aliphatic rings. The Morgan fingerprint density at radius 3 is 2.13 bits per heavy atom. The number of rotatable bonds is 2. The molecule has 0 atom stereocenters. The van der Waals surface area contributed by atoms with Crippen molar-refractivity contribution in [2.45, 2.75) is 52.6 Å². The fourth-order valence-electron chi connectivity index (χ4n) is 2.13. The largest absolute Gasteiger partial charge is 0.537 e. The van der Waals surface area contributed by atoms with Gasteiger partial charge in [-0.05, 0) is 37.0 Å². The first kappa shape index (κ1) is 12.3. The molecule has 1 N–H and O–H groups in total. The molecule has 0 aliphatic heterocycles. The highest BCUT2D eigenvalue weighted by atomic mass is 17.2. The third kappa shape index (κ3) is 4.08. The van der Waals surface area contributed by atoms with Gasteiger partial charge in [0.2, 0.25) is 0 Å². The fourth-order valence-corrected chi connectivity index (χ4v) is 2.13. The van der Waals surface area contributed by atoms with Crippen LogP contribution in [0.1, 0.15) is 46.5 Å². The Bertz CT molecular complexity index is 211. The van der Waals surface area contributed by atoms with E-state index >= 15 is 0 Å². The topological polar surface area (TPSA) is 55.8 Å². The molecule has 0 spiro atoms. The van der Waals surface area contributed by atoms with Gasteiger partial charge in [-0.2, -0.15) is 4.89 Å². The summed E-state index contributed by atoms with van der Waals surface area (Å²) in [7, 11) is 0. The van der Waals surface area contributed by atoms with Gasteiger partial charge in [0.15, 0.2) is 0 Å². The lowest BCUT2D eigenvalue weighted by atomic mass is 9.72. The number of hydrogen-bond donors (Lipinski definition) is 1. The molecule has 1 rings (SSSR count). The summed E-state index contributed by atoms with van der Waals surface area (Å²) in [4.78, 5) is 19.0. The molecule has 0 saturated heterocycles. The van der Waals surface area contributed by atoms with Crippen LogP contribution >= 0.6 is 0 Å². The fraction of sp³-hybridized carbons (Fsp3) is 0.909. The molecular formula is C11H20O4. The van der Waals surface area contributed by atoms with Crippen LogP contribution in [0.25, 0.3) is 0 Å². The summed E-state index contributed by atoms with van der Waals surface area (Å²) in [6.45, 7) is 6.73. The molecule has 0 aromatic heterocycles. The van der Waals surface area contributed by atoms with Crippen LogP contribution in [0.15, 0.2) is 0 Å². The molecule has 1 fully saturated rings. The smallest absolute Gasteiger partial charge is 0.448 e. The molecule has 0 aromatic carbocycles. The van der Waals surface area contributed by atoms with E-state index in [1.54, 1.807) is 0 Å². The van der Waals surface area contributed by atoms with Crippen LogP contribution in [-0.2, 0) is 9.78 Å². The van der Waals surface area contributed by atoms with Crippen LogP contribution in [0.3, 0.4) is 0 Å². The zero-order valence-corrected chi connectivity index (χ0v) is 9.66. The molecule has 1 aliphatic carbocycles. The highest BCUT2D eigenvalue weighted by Gasteiger charge is 2.30. The summed E-state index contributed by atoms with van der Waals surface area (Å²) in [5, 5.41) is 8.28. The van der Waals surface area contributed by atoms with Crippen LogP contribution in [0.4, 0.5) is 4.79 Å². The minimum Gasteiger partial charge on any atom is -0.448 e. The van der Waals surface area contributed by atoms with Crippen molar-refractivity contribution in [1.82, 2.24) is 0 Å². The van der Waals surface area contributed by atoms with E-state index in [1.165, 1.54) is 0 Å². The van der Waals surface area contributed by atoms with Crippen LogP contribution < -0.4 is 0 Å². The van der Waals surface area contributed by atoms with Crippen molar-refractivity contribution in [3.05, 3.63) is 0 Å². The molecule has 1 saturated carbocycles. The minimum absolute atomic E-state index is 0.0558. The van der Waals surface area contributed by atoms with Gasteiger partial charge in [0.05, 0.1) is 0 Å². The van der Waals surface area contributed by atoms with Crippen LogP contribution in [0, 0.1) is 11.3 Å². The summed E-state index contributed by atoms with van der Waals surface area (Å²) in [6.07, 6.45) is 2.51. The van der Waals surface area contributed by atoms with E-state index in [9.17, 15) is 4.79 Å². The molecule has 0 unspecified atom stereocenters. The van der Waals surface area contributed by atoms with Crippen molar-refractivity contribution in [3.63, 3.8) is 0 Å². The first-order valence-corrected chi connectivity index (χ1v) is 5.46. The van der Waals surface area contributed by atoms with E-state index in [2.05, 4.69) is 25.7 Å². The lowest BCUT2D eigenvalue weighted by Gasteiger charge is -2.35. The number of hydrogen-bond acceptors (Lipinski definition) is 3. The minimum atomic E-state index is -1.37. The lowest BCUT2D eigenvalue weighted by molar-refractivity contribution is -0.290. The van der Waals surface area contributed by atoms with Crippen molar-refractivity contribution in [3.8, 4) is 0 Å². The van der Waals surface area contributed by atoms with E-state index in [0.29, 0.717) is 11.3 Å². The van der Waals surface area contributed by atoms with Crippen molar-refractivity contribution in [2.24, 2.45) is 11.3 Å². The van der Waals surface area contributed by atoms with E-state index in [1.807, 2.05) is 0 Å². The van der Waals surface area contributed by atoms with Crippen LogP contribution in [0.2, 0.25) is 0 Å². The molecule has 4 nitrogen and oxygen atoms in total. The lowest BCUT2D eigenvalue weighted by Crippen LogP contribution is -2.29. The predicted octanol–water partition coefficient (Wildman–Crippen LogP) is 3.22. The predicted molar refractivity (Wildman–Crippen MR) is 55.4 cm³/mol. The highest BCUT2D eigenvalue weighted by molar-refractivity contribution is 5.55. The first-order valence-electron chi connectivity index (χ1n) is 5.46. The van der Waals surface area contributed by atoms with E-state index in [0.717, 1.165) is 25.7 Å². The Morgan fingerprint density at radius 1 is 1.20 bits per heavy atom. The molecule has 0 amide bonds. The molecule has 0 aromatic rings. The molecule has 0 radical (unpaired) electrons. The van der Waals surface area contributed by atoms with Crippen molar-refractivity contribution < 1.29 is 19.7 Å². The monoisotopic (exact) mass is 216 g/mol. The summed E-state index contributed by atoms with van der Waals surface area (Å²) < 4.78 is 0. The Labute approximate surface area is 90.5 Å². The van der Waals surface area contributed by atoms with Gasteiger partial charge in [-0.3, -0.25) is 4.89 Å². The van der Waals surface area contributed by atoms with Gasteiger partial charge in [-0.1, -0.05) is 20.8 Å². The maximum atomic E-state index is 10.1. The molecule has 15 heavy (non-hydrogen) atoms. The van der Waals surface area contributed by atoms with Gasteiger partial charge in [0, 0.05) is 0 Å². The average molecular weight is 216 g/mol. The standard InChI is InChI=1S/C11H20O4/c1-11(2,3)8-4-6-9(7-5-8)14-15-10(12)13/h8-9H,4-7H2,1-3H3,(H,12,13). The van der Waals surface area contributed by atoms with Gasteiger partial charge < -0.3 is 5.11 Å². The van der Waals surface area contributed by atoms with Crippen LogP contribution in [-0.4, -0.2) is 17.4 Å². The summed E-state index contributed by atoms with van der Waals surface area (Å²) in [6, 6.07) is 0. The van der Waals surface area contributed by atoms with Gasteiger partial charge in [-0.15, -0.1) is 0 Å². The Hall–Kier alpha value is -0.770. The second-order valence-electron chi connectivity index (χ2n) is 5.29. The Balaban J connectivity index is 2.27. The Morgan fingerprint density at radius 2 is 1.73 bits per heavy atom. The first-order chi connectivity index (χ1) is 6.89. The third-order valence-electron chi connectivity index (χ3n) is 3.15. The maximum absolute atomic E-state index is 10.1. The second-order valence-corrected chi connectivity index (χ2v) is 5.29. The third-order valence-corrected chi connectivity index (χ3v) is 3.15. The highest BCUT2D eigenvalue weighted by Crippen LogP contribution is 2.38. The zero-order chi connectivity index (χ0) is 11.5. The van der Waals surface area contributed by atoms with Gasteiger partial charge >= 0.3 is 6.16 Å². The van der Waals surface area contributed by atoms with Gasteiger partial charge in [0.25, 0.3) is 0 Å². The SMILES string of the molecule is CC(C)(C)C1CCC(OOC(=O)O)CC1. The maximum Gasteiger partial charge on any atom is 0.537 e. The van der Waals surface area contributed by atoms with Gasteiger partial charge in [0.1, 0.15) is 6.10 Å². The summed E-state index contributed by atoms with van der Waals surface area (Å²) >= 11 is 0. The number of carboxylic acid groups (broad SMARTS) is 1. The molecular weight excluding hydrogens is 196 g/mol. The molecule has 0 heterocycles. The van der Waals surface area contributed by atoms with E-state index in [4.69, 9.17) is 9.99 Å². The quantitative estimate of drug-likeness (QED) is 0.568. The second kappa shape index (κ2) is 4.84. The van der Waals surface area contributed by atoms with Crippen molar-refractivity contribution in [2.75, 3.05) is 0 Å². The average Bonchev–Trinajstić information content (AvgIpc) is 2.14. The van der Waals surface area contributed by atoms with E-state index < -0.39 is 6.16 Å². The summed E-state index contributed by atoms with van der Waals surface area (Å²) in [5.41, 5.74) is 0.332. The zero-order valence-electron chi connectivity index (χ0n) is 9.66. The Kier molecular flexibility index (Phi) is 3.97. The normalized spacial score (nSPS) is 27.4. The molecule has 0 bridgehead atoms. The van der Waals surface area contributed by atoms with Gasteiger partial charge in [-0.25, -0.2) is 4.79 Å². The number of carbonyl (C=O) groups is 1. The summed E-state index contributed by atoms with van der Waals surface area (Å²) in [5.74, 6) is 0.696. The molecule has 88 valence electrons.